The van der Waals surface area contributed by atoms with E-state index in [0.717, 1.165) is 0 Å². The van der Waals surface area contributed by atoms with Crippen LogP contribution in [0.2, 0.25) is 0 Å². The van der Waals surface area contributed by atoms with E-state index in [2.05, 4.69) is 11.1 Å². The molecule has 0 radical (unpaired) electrons. The first-order valence-corrected chi connectivity index (χ1v) is 8.21. The third-order valence-corrected chi connectivity index (χ3v) is 4.16. The van der Waals surface area contributed by atoms with Crippen molar-refractivity contribution in [1.29, 1.82) is 5.26 Å². The van der Waals surface area contributed by atoms with Crippen molar-refractivity contribution in [2.45, 2.75) is 27.0 Å². The second-order valence-corrected chi connectivity index (χ2v) is 5.80. The Morgan fingerprint density at radius 3 is 2.77 bits per heavy atom. The standard InChI is InChI=1S/C20H17N3O3/c1-3-23-18-9-8-14(10-17(18)22-13(2)19(23)24)20(25)26-12-16-7-5-4-6-15(16)11-21/h4-10H,3,12H2,1-2H3. The number of rotatable bonds is 4. The summed E-state index contributed by atoms with van der Waals surface area (Å²) in [4.78, 5) is 28.8. The van der Waals surface area contributed by atoms with E-state index < -0.39 is 5.97 Å². The fourth-order valence-electron chi connectivity index (χ4n) is 2.80. The van der Waals surface area contributed by atoms with Gasteiger partial charge in [0, 0.05) is 12.1 Å². The number of esters is 1. The lowest BCUT2D eigenvalue weighted by Crippen LogP contribution is -2.23. The van der Waals surface area contributed by atoms with Gasteiger partial charge in [0.2, 0.25) is 0 Å². The average molecular weight is 347 g/mol. The molecule has 0 unspecified atom stereocenters. The van der Waals surface area contributed by atoms with E-state index >= 15 is 0 Å². The summed E-state index contributed by atoms with van der Waals surface area (Å²) in [5.74, 6) is -0.506. The van der Waals surface area contributed by atoms with Crippen LogP contribution in [0.15, 0.2) is 47.3 Å². The van der Waals surface area contributed by atoms with Gasteiger partial charge in [0.15, 0.2) is 0 Å². The van der Waals surface area contributed by atoms with E-state index in [9.17, 15) is 9.59 Å². The molecule has 0 atom stereocenters. The summed E-state index contributed by atoms with van der Waals surface area (Å²) in [6.45, 7) is 4.07. The topological polar surface area (TPSA) is 85.0 Å². The second-order valence-electron chi connectivity index (χ2n) is 5.80. The summed E-state index contributed by atoms with van der Waals surface area (Å²) in [6, 6.07) is 14.0. The smallest absolute Gasteiger partial charge is 0.338 e. The van der Waals surface area contributed by atoms with E-state index in [1.807, 2.05) is 6.92 Å². The van der Waals surface area contributed by atoms with Gasteiger partial charge in [-0.05, 0) is 38.1 Å². The van der Waals surface area contributed by atoms with Crippen LogP contribution in [0.3, 0.4) is 0 Å². The zero-order valence-electron chi connectivity index (χ0n) is 14.5. The molecule has 0 aliphatic carbocycles. The molecule has 0 saturated carbocycles. The summed E-state index contributed by atoms with van der Waals surface area (Å²) in [5, 5.41) is 9.09. The number of nitriles is 1. The highest BCUT2D eigenvalue weighted by atomic mass is 16.5. The van der Waals surface area contributed by atoms with Crippen LogP contribution in [0, 0.1) is 18.3 Å². The number of ether oxygens (including phenoxy) is 1. The van der Waals surface area contributed by atoms with Crippen LogP contribution in [0.25, 0.3) is 11.0 Å². The molecule has 0 amide bonds. The zero-order valence-corrected chi connectivity index (χ0v) is 14.5. The van der Waals surface area contributed by atoms with Crippen molar-refractivity contribution in [3.8, 4) is 6.07 Å². The van der Waals surface area contributed by atoms with Gasteiger partial charge in [0.25, 0.3) is 5.56 Å². The Kier molecular flexibility index (Phi) is 4.81. The summed E-state index contributed by atoms with van der Waals surface area (Å²) in [6.07, 6.45) is 0. The third-order valence-electron chi connectivity index (χ3n) is 4.16. The summed E-state index contributed by atoms with van der Waals surface area (Å²) in [7, 11) is 0. The number of carbonyl (C=O) groups is 1. The van der Waals surface area contributed by atoms with Crippen molar-refractivity contribution in [3.63, 3.8) is 0 Å². The van der Waals surface area contributed by atoms with Gasteiger partial charge in [-0.15, -0.1) is 0 Å². The van der Waals surface area contributed by atoms with Crippen molar-refractivity contribution in [2.75, 3.05) is 0 Å². The maximum atomic E-state index is 12.4. The summed E-state index contributed by atoms with van der Waals surface area (Å²) >= 11 is 0. The van der Waals surface area contributed by atoms with Crippen LogP contribution in [0.4, 0.5) is 0 Å². The average Bonchev–Trinajstić information content (AvgIpc) is 2.67. The van der Waals surface area contributed by atoms with Gasteiger partial charge in [-0.25, -0.2) is 9.78 Å². The van der Waals surface area contributed by atoms with Crippen molar-refractivity contribution >= 4 is 17.0 Å². The van der Waals surface area contributed by atoms with E-state index in [0.29, 0.717) is 40.0 Å². The minimum Gasteiger partial charge on any atom is -0.457 e. The maximum Gasteiger partial charge on any atom is 0.338 e. The van der Waals surface area contributed by atoms with Gasteiger partial charge < -0.3 is 9.30 Å². The van der Waals surface area contributed by atoms with Crippen LogP contribution in [0.5, 0.6) is 0 Å². The van der Waals surface area contributed by atoms with Gasteiger partial charge >= 0.3 is 5.97 Å². The second kappa shape index (κ2) is 7.19. The van der Waals surface area contributed by atoms with Crippen molar-refractivity contribution in [3.05, 3.63) is 75.2 Å². The Balaban J connectivity index is 1.88. The van der Waals surface area contributed by atoms with Crippen molar-refractivity contribution < 1.29 is 9.53 Å². The Labute approximate surface area is 150 Å². The van der Waals surface area contributed by atoms with E-state index in [1.165, 1.54) is 0 Å². The van der Waals surface area contributed by atoms with Crippen molar-refractivity contribution in [2.24, 2.45) is 0 Å². The lowest BCUT2D eigenvalue weighted by atomic mass is 10.1. The molecular formula is C20H17N3O3. The number of aryl methyl sites for hydroxylation is 2. The highest BCUT2D eigenvalue weighted by Crippen LogP contribution is 2.16. The van der Waals surface area contributed by atoms with Gasteiger partial charge in [-0.3, -0.25) is 4.79 Å². The Hall–Kier alpha value is -3.46. The first kappa shape index (κ1) is 17.4. The third kappa shape index (κ3) is 3.20. The highest BCUT2D eigenvalue weighted by Gasteiger charge is 2.13. The minimum atomic E-state index is -0.506. The van der Waals surface area contributed by atoms with Crippen LogP contribution in [-0.2, 0) is 17.9 Å². The van der Waals surface area contributed by atoms with Gasteiger partial charge in [0.1, 0.15) is 12.3 Å². The first-order valence-electron chi connectivity index (χ1n) is 8.21. The predicted octanol–water partition coefficient (Wildman–Crippen LogP) is 2.95. The van der Waals surface area contributed by atoms with Crippen LogP contribution >= 0.6 is 0 Å². The van der Waals surface area contributed by atoms with Crippen molar-refractivity contribution in [1.82, 2.24) is 9.55 Å². The molecule has 130 valence electrons. The molecule has 1 aromatic heterocycles. The molecule has 3 aromatic rings. The minimum absolute atomic E-state index is 0.0154. The highest BCUT2D eigenvalue weighted by molar-refractivity contribution is 5.93. The number of hydrogen-bond donors (Lipinski definition) is 0. The molecule has 0 saturated heterocycles. The first-order chi connectivity index (χ1) is 12.5. The Morgan fingerprint density at radius 2 is 2.04 bits per heavy atom. The van der Waals surface area contributed by atoms with E-state index in [-0.39, 0.29) is 12.2 Å². The number of fused-ring (bicyclic) bond motifs is 1. The molecular weight excluding hydrogens is 330 g/mol. The zero-order chi connectivity index (χ0) is 18.7. The maximum absolute atomic E-state index is 12.4. The number of aromatic nitrogens is 2. The molecule has 6 nitrogen and oxygen atoms in total. The Bertz CT molecular complexity index is 1090. The lowest BCUT2D eigenvalue weighted by Gasteiger charge is -2.10. The fraction of sp³-hybridized carbons (Fsp3) is 0.200. The predicted molar refractivity (Wildman–Crippen MR) is 96.7 cm³/mol. The summed E-state index contributed by atoms with van der Waals surface area (Å²) < 4.78 is 6.95. The number of hydrogen-bond acceptors (Lipinski definition) is 5. The molecule has 6 heteroatoms. The molecule has 2 aromatic carbocycles. The van der Waals surface area contributed by atoms with Crippen LogP contribution < -0.4 is 5.56 Å². The molecule has 0 N–H and O–H groups in total. The molecule has 0 spiro atoms. The fourth-order valence-corrected chi connectivity index (χ4v) is 2.80. The molecule has 26 heavy (non-hydrogen) atoms. The van der Waals surface area contributed by atoms with Gasteiger partial charge in [-0.1, -0.05) is 18.2 Å². The Morgan fingerprint density at radius 1 is 1.27 bits per heavy atom. The largest absolute Gasteiger partial charge is 0.457 e. The number of carbonyl (C=O) groups excluding carboxylic acids is 1. The molecule has 3 rings (SSSR count). The quantitative estimate of drug-likeness (QED) is 0.677. The molecule has 1 heterocycles. The van der Waals surface area contributed by atoms with Gasteiger partial charge in [-0.2, -0.15) is 5.26 Å². The molecule has 0 bridgehead atoms. The van der Waals surface area contributed by atoms with E-state index in [1.54, 1.807) is 54.0 Å². The molecule has 0 aliphatic heterocycles. The van der Waals surface area contributed by atoms with E-state index in [4.69, 9.17) is 10.00 Å². The number of nitrogens with zero attached hydrogens (tertiary/aromatic N) is 3. The van der Waals surface area contributed by atoms with Crippen LogP contribution in [0.1, 0.15) is 34.1 Å². The normalized spacial score (nSPS) is 10.5. The van der Waals surface area contributed by atoms with Gasteiger partial charge in [0.05, 0.1) is 28.2 Å². The number of benzene rings is 2. The lowest BCUT2D eigenvalue weighted by molar-refractivity contribution is 0.0472. The molecule has 0 fully saturated rings. The summed E-state index contributed by atoms with van der Waals surface area (Å²) in [5.41, 5.74) is 2.96. The van der Waals surface area contributed by atoms with Crippen LogP contribution in [-0.4, -0.2) is 15.5 Å². The SMILES string of the molecule is CCn1c(=O)c(C)nc2cc(C(=O)OCc3ccccc3C#N)ccc21. The molecule has 0 aliphatic rings. The monoisotopic (exact) mass is 347 g/mol.